The number of aryl methyl sites for hydroxylation is 2. The number of halogens is 1. The topological polar surface area (TPSA) is 67.1 Å². The van der Waals surface area contributed by atoms with Crippen LogP contribution in [0.2, 0.25) is 0 Å². The number of nitrogens with zero attached hydrogens (tertiary/aromatic N) is 4. The molecule has 0 spiro atoms. The van der Waals surface area contributed by atoms with Crippen molar-refractivity contribution in [1.82, 2.24) is 25.4 Å². The first-order valence-electron chi connectivity index (χ1n) is 10.1. The van der Waals surface area contributed by atoms with E-state index >= 15 is 0 Å². The molecule has 7 heteroatoms. The summed E-state index contributed by atoms with van der Waals surface area (Å²) in [5, 5.41) is 15.3. The van der Waals surface area contributed by atoms with Crippen LogP contribution in [0.25, 0.3) is 0 Å². The van der Waals surface area contributed by atoms with Crippen molar-refractivity contribution >= 4 is 29.9 Å². The van der Waals surface area contributed by atoms with Crippen LogP contribution in [0.4, 0.5) is 0 Å². The molecule has 3 aromatic rings. The monoisotopic (exact) mass is 518 g/mol. The molecule has 0 amide bonds. The Morgan fingerprint density at radius 3 is 2.33 bits per heavy atom. The summed E-state index contributed by atoms with van der Waals surface area (Å²) in [7, 11) is 1.97. The van der Waals surface area contributed by atoms with E-state index in [9.17, 15) is 0 Å². The molecule has 0 bridgehead atoms. The van der Waals surface area contributed by atoms with E-state index in [1.54, 1.807) is 0 Å². The number of nitrogens with one attached hydrogen (secondary N) is 2. The molecular weight excluding hydrogens is 487 g/mol. The van der Waals surface area contributed by atoms with Crippen molar-refractivity contribution in [2.45, 2.75) is 46.3 Å². The Kier molecular flexibility index (Phi) is 9.29. The summed E-state index contributed by atoms with van der Waals surface area (Å²) in [5.74, 6) is 2.51. The average Bonchev–Trinajstić information content (AvgIpc) is 3.08. The van der Waals surface area contributed by atoms with Crippen LogP contribution in [-0.2, 0) is 26.6 Å². The highest BCUT2D eigenvalue weighted by Gasteiger charge is 2.10. The lowest BCUT2D eigenvalue weighted by atomic mass is 10.1. The molecule has 0 saturated heterocycles. The normalized spacial score (nSPS) is 12.2. The van der Waals surface area contributed by atoms with E-state index in [1.165, 1.54) is 16.7 Å². The van der Waals surface area contributed by atoms with Gasteiger partial charge in [-0.25, -0.2) is 4.99 Å². The highest BCUT2D eigenvalue weighted by molar-refractivity contribution is 14.0. The second kappa shape index (κ2) is 11.7. The second-order valence-electron chi connectivity index (χ2n) is 7.19. The van der Waals surface area contributed by atoms with Crippen LogP contribution in [0.15, 0.2) is 59.6 Å². The minimum atomic E-state index is 0. The molecule has 160 valence electrons. The van der Waals surface area contributed by atoms with Crippen molar-refractivity contribution in [2.24, 2.45) is 12.0 Å². The number of hydrogen-bond acceptors (Lipinski definition) is 3. The van der Waals surface area contributed by atoms with E-state index in [2.05, 4.69) is 71.1 Å². The first-order chi connectivity index (χ1) is 14.1. The van der Waals surface area contributed by atoms with Crippen LogP contribution >= 0.6 is 24.0 Å². The number of guanidine groups is 1. The van der Waals surface area contributed by atoms with Gasteiger partial charge in [-0.05, 0) is 37.0 Å². The van der Waals surface area contributed by atoms with E-state index in [0.717, 1.165) is 24.0 Å². The number of rotatable bonds is 7. The molecule has 2 N–H and O–H groups in total. The molecule has 0 aliphatic rings. The minimum absolute atomic E-state index is 0. The number of hydrogen-bond donors (Lipinski definition) is 2. The highest BCUT2D eigenvalue weighted by Crippen LogP contribution is 2.14. The lowest BCUT2D eigenvalue weighted by Gasteiger charge is -2.19. The second-order valence-corrected chi connectivity index (χ2v) is 7.19. The maximum atomic E-state index is 4.78. The minimum Gasteiger partial charge on any atom is -0.350 e. The summed E-state index contributed by atoms with van der Waals surface area (Å²) < 4.78 is 1.98. The summed E-state index contributed by atoms with van der Waals surface area (Å²) in [5.41, 5.74) is 3.74. The van der Waals surface area contributed by atoms with Gasteiger partial charge in [-0.15, -0.1) is 34.2 Å². The fourth-order valence-corrected chi connectivity index (χ4v) is 3.00. The van der Waals surface area contributed by atoms with Crippen molar-refractivity contribution in [1.29, 1.82) is 0 Å². The van der Waals surface area contributed by atoms with Gasteiger partial charge in [-0.3, -0.25) is 0 Å². The van der Waals surface area contributed by atoms with Crippen LogP contribution in [0.3, 0.4) is 0 Å². The number of aliphatic imine (C=N–C) groups is 1. The zero-order valence-corrected chi connectivity index (χ0v) is 20.4. The van der Waals surface area contributed by atoms with Gasteiger partial charge in [-0.2, -0.15) is 0 Å². The maximum absolute atomic E-state index is 4.78. The van der Waals surface area contributed by atoms with E-state index < -0.39 is 0 Å². The predicted octanol–water partition coefficient (Wildman–Crippen LogP) is 4.30. The summed E-state index contributed by atoms with van der Waals surface area (Å²) in [6.45, 7) is 7.42. The fourth-order valence-electron chi connectivity index (χ4n) is 3.00. The van der Waals surface area contributed by atoms with E-state index in [1.807, 2.05) is 36.7 Å². The molecule has 3 rings (SSSR count). The molecule has 6 nitrogen and oxygen atoms in total. The molecule has 1 atom stereocenters. The van der Waals surface area contributed by atoms with Gasteiger partial charge in [0.1, 0.15) is 5.82 Å². The fraction of sp³-hybridized carbons (Fsp3) is 0.348. The van der Waals surface area contributed by atoms with Crippen LogP contribution in [-0.4, -0.2) is 20.7 Å². The molecule has 0 fully saturated rings. The molecule has 0 saturated carbocycles. The van der Waals surface area contributed by atoms with E-state index in [4.69, 9.17) is 4.99 Å². The first kappa shape index (κ1) is 23.9. The van der Waals surface area contributed by atoms with E-state index in [-0.39, 0.29) is 30.0 Å². The Bertz CT molecular complexity index is 934. The van der Waals surface area contributed by atoms with Gasteiger partial charge in [0.15, 0.2) is 11.8 Å². The summed E-state index contributed by atoms with van der Waals surface area (Å²) in [6.07, 6.45) is 1.05. The third-order valence-corrected chi connectivity index (χ3v) is 5.10. The van der Waals surface area contributed by atoms with Crippen molar-refractivity contribution < 1.29 is 0 Å². The van der Waals surface area contributed by atoms with Gasteiger partial charge in [-0.1, -0.05) is 61.5 Å². The molecule has 1 heterocycles. The van der Waals surface area contributed by atoms with Gasteiger partial charge in [0.2, 0.25) is 0 Å². The van der Waals surface area contributed by atoms with Crippen LogP contribution in [0.1, 0.15) is 48.2 Å². The maximum Gasteiger partial charge on any atom is 0.192 e. The Hall–Kier alpha value is -2.42. The van der Waals surface area contributed by atoms with Gasteiger partial charge in [0, 0.05) is 7.05 Å². The quantitative estimate of drug-likeness (QED) is 0.278. The van der Waals surface area contributed by atoms with Crippen molar-refractivity contribution in [3.8, 4) is 0 Å². The van der Waals surface area contributed by atoms with E-state index in [0.29, 0.717) is 13.1 Å². The largest absolute Gasteiger partial charge is 0.350 e. The van der Waals surface area contributed by atoms with Gasteiger partial charge >= 0.3 is 0 Å². The smallest absolute Gasteiger partial charge is 0.192 e. The molecule has 0 aliphatic heterocycles. The number of benzene rings is 2. The molecule has 2 aromatic carbocycles. The third kappa shape index (κ3) is 6.55. The van der Waals surface area contributed by atoms with Crippen molar-refractivity contribution in [3.63, 3.8) is 0 Å². The zero-order chi connectivity index (χ0) is 20.6. The zero-order valence-electron chi connectivity index (χ0n) is 18.1. The average molecular weight is 518 g/mol. The molecule has 0 aliphatic carbocycles. The Morgan fingerprint density at radius 2 is 1.73 bits per heavy atom. The van der Waals surface area contributed by atoms with Crippen molar-refractivity contribution in [3.05, 3.63) is 82.9 Å². The summed E-state index contributed by atoms with van der Waals surface area (Å²) in [4.78, 5) is 4.78. The van der Waals surface area contributed by atoms with Crippen LogP contribution in [0, 0.1) is 6.92 Å². The predicted molar refractivity (Wildman–Crippen MR) is 133 cm³/mol. The molecule has 1 unspecified atom stereocenters. The Labute approximate surface area is 196 Å². The van der Waals surface area contributed by atoms with Crippen molar-refractivity contribution in [2.75, 3.05) is 0 Å². The molecule has 0 radical (unpaired) electrons. The molecule has 30 heavy (non-hydrogen) atoms. The highest BCUT2D eigenvalue weighted by atomic mass is 127. The standard InChI is InChI=1S/C23H30N6.HI/c1-5-19-11-13-21(14-12-19)17(2)26-23(24-15-20-9-7-6-8-10-20)25-16-22-28-27-18(3)29(22)4;/h6-14,17H,5,15-16H2,1-4H3,(H2,24,25,26);1H. The van der Waals surface area contributed by atoms with Gasteiger partial charge in [0.25, 0.3) is 0 Å². The van der Waals surface area contributed by atoms with Crippen LogP contribution in [0.5, 0.6) is 0 Å². The van der Waals surface area contributed by atoms with Crippen LogP contribution < -0.4 is 10.6 Å². The molecule has 1 aromatic heterocycles. The Morgan fingerprint density at radius 1 is 1.03 bits per heavy atom. The summed E-state index contributed by atoms with van der Waals surface area (Å²) in [6, 6.07) is 19.1. The Balaban J connectivity index is 0.00000320. The lowest BCUT2D eigenvalue weighted by molar-refractivity contribution is 0.663. The third-order valence-electron chi connectivity index (χ3n) is 5.10. The molecular formula is C23H31IN6. The van der Waals surface area contributed by atoms with Gasteiger partial charge < -0.3 is 15.2 Å². The first-order valence-corrected chi connectivity index (χ1v) is 10.1. The summed E-state index contributed by atoms with van der Waals surface area (Å²) >= 11 is 0. The SMILES string of the molecule is CCc1ccc(C(C)NC(=NCc2ccccc2)NCc2nnc(C)n2C)cc1.I. The van der Waals surface area contributed by atoms with Gasteiger partial charge in [0.05, 0.1) is 19.1 Å². The lowest BCUT2D eigenvalue weighted by Crippen LogP contribution is -2.39. The number of aromatic nitrogens is 3.